The highest BCUT2D eigenvalue weighted by atomic mass is 16.6. The van der Waals surface area contributed by atoms with Gasteiger partial charge in [0.2, 0.25) is 0 Å². The molecular weight excluding hydrogens is 346 g/mol. The van der Waals surface area contributed by atoms with Gasteiger partial charge in [0, 0.05) is 24.7 Å². The Balaban J connectivity index is 1.60. The van der Waals surface area contributed by atoms with E-state index in [1.165, 1.54) is 11.0 Å². The van der Waals surface area contributed by atoms with Gasteiger partial charge in [-0.15, -0.1) is 0 Å². The molecule has 0 saturated heterocycles. The van der Waals surface area contributed by atoms with E-state index >= 15 is 0 Å². The zero-order valence-electron chi connectivity index (χ0n) is 15.5. The Labute approximate surface area is 158 Å². The van der Waals surface area contributed by atoms with Crippen molar-refractivity contribution in [2.45, 2.75) is 25.8 Å². The number of amides is 1. The van der Waals surface area contributed by atoms with Gasteiger partial charge in [-0.25, -0.2) is 0 Å². The topological polar surface area (TPSA) is 84.7 Å². The van der Waals surface area contributed by atoms with Gasteiger partial charge in [0.1, 0.15) is 18.0 Å². The highest BCUT2D eigenvalue weighted by molar-refractivity contribution is 5.95. The predicted octanol–water partition coefficient (Wildman–Crippen LogP) is 3.63. The third kappa shape index (κ3) is 4.97. The van der Waals surface area contributed by atoms with Crippen LogP contribution in [0.5, 0.6) is 5.75 Å². The number of hydrogen-bond donors (Lipinski definition) is 1. The van der Waals surface area contributed by atoms with Crippen molar-refractivity contribution >= 4 is 17.3 Å². The maximum atomic E-state index is 12.6. The Bertz CT molecular complexity index is 832. The molecule has 0 atom stereocenters. The summed E-state index contributed by atoms with van der Waals surface area (Å²) in [7, 11) is 1.66. The molecule has 1 aliphatic rings. The van der Waals surface area contributed by atoms with E-state index in [2.05, 4.69) is 5.32 Å². The molecule has 0 unspecified atom stereocenters. The first-order chi connectivity index (χ1) is 12.9. The van der Waals surface area contributed by atoms with E-state index in [1.54, 1.807) is 19.2 Å². The lowest BCUT2D eigenvalue weighted by molar-refractivity contribution is -0.384. The van der Waals surface area contributed by atoms with E-state index < -0.39 is 4.92 Å². The van der Waals surface area contributed by atoms with Gasteiger partial charge in [0.25, 0.3) is 11.6 Å². The quantitative estimate of drug-likeness (QED) is 0.567. The second kappa shape index (κ2) is 8.07. The van der Waals surface area contributed by atoms with Crippen molar-refractivity contribution < 1.29 is 14.5 Å². The third-order valence-corrected chi connectivity index (χ3v) is 4.44. The Morgan fingerprint density at radius 2 is 1.96 bits per heavy atom. The molecule has 1 amide bonds. The first-order valence-corrected chi connectivity index (χ1v) is 8.94. The van der Waals surface area contributed by atoms with Crippen LogP contribution >= 0.6 is 0 Å². The molecule has 2 aromatic carbocycles. The molecule has 0 heterocycles. The lowest BCUT2D eigenvalue weighted by Gasteiger charge is -2.18. The number of aryl methyl sites for hydroxylation is 1. The predicted molar refractivity (Wildman–Crippen MR) is 103 cm³/mol. The molecule has 142 valence electrons. The molecular formula is C20H23N3O4. The number of nitro benzene ring substituents is 1. The Kier molecular flexibility index (Phi) is 5.59. The maximum Gasteiger partial charge on any atom is 0.293 e. The molecule has 0 aromatic heterocycles. The number of hydrogen-bond acceptors (Lipinski definition) is 5. The second-order valence-corrected chi connectivity index (χ2v) is 6.80. The van der Waals surface area contributed by atoms with Crippen molar-refractivity contribution in [3.05, 3.63) is 63.7 Å². The van der Waals surface area contributed by atoms with Crippen molar-refractivity contribution in [1.82, 2.24) is 4.90 Å². The van der Waals surface area contributed by atoms with Crippen molar-refractivity contribution in [3.63, 3.8) is 0 Å². The summed E-state index contributed by atoms with van der Waals surface area (Å²) in [6.07, 6.45) is 2.03. The number of nitrogens with one attached hydrogen (secondary N) is 1. The summed E-state index contributed by atoms with van der Waals surface area (Å²) in [5.41, 5.74) is 1.83. The summed E-state index contributed by atoms with van der Waals surface area (Å²) < 4.78 is 5.64. The standard InChI is InChI=1S/C20H23N3O4/c1-14-3-8-17(9-4-14)27-12-11-22(2)20(24)15-5-10-18(21-16-6-7-16)19(13-15)23(25)26/h3-5,8-10,13,16,21H,6-7,11-12H2,1-2H3. The van der Waals surface area contributed by atoms with E-state index in [-0.39, 0.29) is 11.6 Å². The number of ether oxygens (including phenoxy) is 1. The van der Waals surface area contributed by atoms with Crippen LogP contribution in [0, 0.1) is 17.0 Å². The minimum absolute atomic E-state index is 0.0722. The molecule has 0 radical (unpaired) electrons. The molecule has 7 heteroatoms. The maximum absolute atomic E-state index is 12.6. The van der Waals surface area contributed by atoms with Gasteiger partial charge in [-0.1, -0.05) is 17.7 Å². The summed E-state index contributed by atoms with van der Waals surface area (Å²) in [4.78, 5) is 25.0. The summed E-state index contributed by atoms with van der Waals surface area (Å²) in [5, 5.41) is 14.5. The second-order valence-electron chi connectivity index (χ2n) is 6.80. The molecule has 0 aliphatic heterocycles. The fraction of sp³-hybridized carbons (Fsp3) is 0.350. The first kappa shape index (κ1) is 18.7. The zero-order chi connectivity index (χ0) is 19.4. The minimum atomic E-state index is -0.456. The third-order valence-electron chi connectivity index (χ3n) is 4.44. The molecule has 1 aliphatic carbocycles. The molecule has 0 bridgehead atoms. The van der Waals surface area contributed by atoms with Gasteiger partial charge < -0.3 is 15.0 Å². The normalized spacial score (nSPS) is 13.1. The summed E-state index contributed by atoms with van der Waals surface area (Å²) in [6.45, 7) is 2.72. The number of carbonyl (C=O) groups is 1. The van der Waals surface area contributed by atoms with Gasteiger partial charge in [-0.2, -0.15) is 0 Å². The van der Waals surface area contributed by atoms with Crippen LogP contribution in [0.3, 0.4) is 0 Å². The van der Waals surface area contributed by atoms with Gasteiger partial charge >= 0.3 is 0 Å². The van der Waals surface area contributed by atoms with Gasteiger partial charge in [0.05, 0.1) is 11.5 Å². The number of rotatable bonds is 8. The molecule has 3 rings (SSSR count). The van der Waals surface area contributed by atoms with Crippen molar-refractivity contribution in [1.29, 1.82) is 0 Å². The Hall–Kier alpha value is -3.09. The van der Waals surface area contributed by atoms with E-state index in [4.69, 9.17) is 4.74 Å². The molecule has 7 nitrogen and oxygen atoms in total. The molecule has 27 heavy (non-hydrogen) atoms. The molecule has 1 saturated carbocycles. The number of carbonyl (C=O) groups excluding carboxylic acids is 1. The minimum Gasteiger partial charge on any atom is -0.492 e. The van der Waals surface area contributed by atoms with E-state index in [1.807, 2.05) is 31.2 Å². The van der Waals surface area contributed by atoms with E-state index in [9.17, 15) is 14.9 Å². The average Bonchev–Trinajstić information content (AvgIpc) is 3.47. The monoisotopic (exact) mass is 369 g/mol. The molecule has 1 fully saturated rings. The summed E-state index contributed by atoms with van der Waals surface area (Å²) in [6, 6.07) is 12.5. The lowest BCUT2D eigenvalue weighted by Crippen LogP contribution is -2.31. The van der Waals surface area contributed by atoms with Crippen LogP contribution in [0.4, 0.5) is 11.4 Å². The number of nitro groups is 1. The molecule has 1 N–H and O–H groups in total. The van der Waals surface area contributed by atoms with Crippen molar-refractivity contribution in [2.24, 2.45) is 0 Å². The van der Waals surface area contributed by atoms with Crippen molar-refractivity contribution in [2.75, 3.05) is 25.5 Å². The van der Waals surface area contributed by atoms with Gasteiger partial charge in [-0.3, -0.25) is 14.9 Å². The van der Waals surface area contributed by atoms with Crippen LogP contribution in [-0.4, -0.2) is 42.0 Å². The highest BCUT2D eigenvalue weighted by Gasteiger charge is 2.26. The SMILES string of the molecule is Cc1ccc(OCCN(C)C(=O)c2ccc(NC3CC3)c([N+](=O)[O-])c2)cc1. The Morgan fingerprint density at radius 3 is 2.59 bits per heavy atom. The fourth-order valence-electron chi connectivity index (χ4n) is 2.64. The number of nitrogens with zero attached hydrogens (tertiary/aromatic N) is 2. The van der Waals surface area contributed by atoms with Crippen LogP contribution in [0.15, 0.2) is 42.5 Å². The van der Waals surface area contributed by atoms with Crippen LogP contribution in [0.1, 0.15) is 28.8 Å². The number of benzene rings is 2. The van der Waals surface area contributed by atoms with Crippen LogP contribution in [-0.2, 0) is 0 Å². The first-order valence-electron chi connectivity index (χ1n) is 8.94. The molecule has 2 aromatic rings. The number of anilines is 1. The largest absolute Gasteiger partial charge is 0.492 e. The number of likely N-dealkylation sites (N-methyl/N-ethyl adjacent to an activating group) is 1. The van der Waals surface area contributed by atoms with Crippen LogP contribution in [0.25, 0.3) is 0 Å². The zero-order valence-corrected chi connectivity index (χ0v) is 15.5. The Morgan fingerprint density at radius 1 is 1.26 bits per heavy atom. The lowest BCUT2D eigenvalue weighted by atomic mass is 10.1. The average molecular weight is 369 g/mol. The fourth-order valence-corrected chi connectivity index (χ4v) is 2.64. The van der Waals surface area contributed by atoms with Crippen LogP contribution < -0.4 is 10.1 Å². The van der Waals surface area contributed by atoms with Gasteiger partial charge in [-0.05, 0) is 44.0 Å². The van der Waals surface area contributed by atoms with E-state index in [0.29, 0.717) is 30.4 Å². The smallest absolute Gasteiger partial charge is 0.293 e. The molecule has 0 spiro atoms. The summed E-state index contributed by atoms with van der Waals surface area (Å²) >= 11 is 0. The van der Waals surface area contributed by atoms with E-state index in [0.717, 1.165) is 24.2 Å². The van der Waals surface area contributed by atoms with Crippen molar-refractivity contribution in [3.8, 4) is 5.75 Å². The summed E-state index contributed by atoms with van der Waals surface area (Å²) in [5.74, 6) is 0.469. The highest BCUT2D eigenvalue weighted by Crippen LogP contribution is 2.31. The van der Waals surface area contributed by atoms with Crippen LogP contribution in [0.2, 0.25) is 0 Å². The van der Waals surface area contributed by atoms with Gasteiger partial charge in [0.15, 0.2) is 0 Å².